The van der Waals surface area contributed by atoms with E-state index in [-0.39, 0.29) is 12.5 Å². The quantitative estimate of drug-likeness (QED) is 0.165. The number of ether oxygens (including phenoxy) is 2. The van der Waals surface area contributed by atoms with Crippen LogP contribution in [0.25, 0.3) is 6.08 Å². The van der Waals surface area contributed by atoms with Gasteiger partial charge in [-0.2, -0.15) is 5.10 Å². The molecule has 2 aromatic carbocycles. The number of hydrogen-bond donors (Lipinski definition) is 0. The molecule has 9 heteroatoms. The van der Waals surface area contributed by atoms with E-state index in [4.69, 9.17) is 13.9 Å². The molecule has 1 aliphatic heterocycles. The van der Waals surface area contributed by atoms with Crippen molar-refractivity contribution < 1.29 is 18.7 Å². The Balaban J connectivity index is 1.56. The molecule has 0 aliphatic carbocycles. The van der Waals surface area contributed by atoms with Gasteiger partial charge in [-0.3, -0.25) is 9.69 Å². The molecule has 1 fully saturated rings. The number of carbonyl (C=O) groups excluding carboxylic acids is 1. The van der Waals surface area contributed by atoms with E-state index < -0.39 is 0 Å². The second-order valence-corrected chi connectivity index (χ2v) is 10.3. The number of thioether (sulfide) groups is 1. The highest BCUT2D eigenvalue weighted by molar-refractivity contribution is 9.10. The molecule has 7 nitrogen and oxygen atoms in total. The maximum atomic E-state index is 13.2. The third-order valence-corrected chi connectivity index (χ3v) is 6.59. The zero-order chi connectivity index (χ0) is 25.5. The molecule has 0 radical (unpaired) electrons. The number of amidine groups is 1. The topological polar surface area (TPSA) is 76.6 Å². The fourth-order valence-electron chi connectivity index (χ4n) is 3.28. The third-order valence-electron chi connectivity index (χ3n) is 5.06. The Morgan fingerprint density at radius 3 is 2.58 bits per heavy atom. The van der Waals surface area contributed by atoms with Crippen molar-refractivity contribution in [1.29, 1.82) is 0 Å². The number of nitrogens with zero attached hydrogens (tertiary/aromatic N) is 3. The lowest BCUT2D eigenvalue weighted by Crippen LogP contribution is -2.28. The van der Waals surface area contributed by atoms with Crippen LogP contribution in [0.5, 0.6) is 11.5 Å². The molecule has 0 unspecified atom stereocenters. The first-order valence-electron chi connectivity index (χ1n) is 11.3. The van der Waals surface area contributed by atoms with E-state index in [9.17, 15) is 4.79 Å². The summed E-state index contributed by atoms with van der Waals surface area (Å²) in [4.78, 5) is 15.3. The summed E-state index contributed by atoms with van der Waals surface area (Å²) in [6, 6.07) is 16.9. The Morgan fingerprint density at radius 2 is 1.89 bits per heavy atom. The predicted octanol–water partition coefficient (Wildman–Crippen LogP) is 6.59. The van der Waals surface area contributed by atoms with Gasteiger partial charge in [-0.05, 0) is 77.3 Å². The first-order valence-corrected chi connectivity index (χ1v) is 12.9. The van der Waals surface area contributed by atoms with Gasteiger partial charge in [0.2, 0.25) is 0 Å². The number of hydrogen-bond acceptors (Lipinski definition) is 7. The number of amides is 1. The maximum absolute atomic E-state index is 13.2. The largest absolute Gasteiger partial charge is 0.493 e. The van der Waals surface area contributed by atoms with E-state index in [1.165, 1.54) is 11.8 Å². The Bertz CT molecular complexity index is 1280. The SMILES string of the molecule is COc1cc(/C=N/N=C2\S/C(=C\c3ccc(Br)cc3)C(=O)N2Cc2ccco2)ccc1OCC(C)C. The van der Waals surface area contributed by atoms with Crippen molar-refractivity contribution in [2.45, 2.75) is 20.4 Å². The monoisotopic (exact) mass is 567 g/mol. The second kappa shape index (κ2) is 12.1. The molecular formula is C27H26BrN3O4S. The van der Waals surface area contributed by atoms with Gasteiger partial charge >= 0.3 is 0 Å². The Kier molecular flexibility index (Phi) is 8.66. The lowest BCUT2D eigenvalue weighted by molar-refractivity contribution is -0.122. The number of methoxy groups -OCH3 is 1. The third kappa shape index (κ3) is 6.67. The van der Waals surface area contributed by atoms with Gasteiger partial charge in [0.1, 0.15) is 5.76 Å². The molecule has 4 rings (SSSR count). The van der Waals surface area contributed by atoms with Crippen LogP contribution in [-0.4, -0.2) is 35.9 Å². The summed E-state index contributed by atoms with van der Waals surface area (Å²) in [6.45, 7) is 5.05. The molecule has 1 aliphatic rings. The molecule has 0 spiro atoms. The lowest BCUT2D eigenvalue weighted by atomic mass is 10.2. The van der Waals surface area contributed by atoms with Gasteiger partial charge in [0.05, 0.1) is 37.6 Å². The smallest absolute Gasteiger partial charge is 0.267 e. The molecule has 0 saturated carbocycles. The molecule has 2 heterocycles. The summed E-state index contributed by atoms with van der Waals surface area (Å²) in [7, 11) is 1.60. The number of halogens is 1. The van der Waals surface area contributed by atoms with Crippen molar-refractivity contribution in [3.63, 3.8) is 0 Å². The maximum Gasteiger partial charge on any atom is 0.267 e. The van der Waals surface area contributed by atoms with Gasteiger partial charge in [-0.15, -0.1) is 5.10 Å². The van der Waals surface area contributed by atoms with E-state index in [0.717, 1.165) is 15.6 Å². The summed E-state index contributed by atoms with van der Waals surface area (Å²) < 4.78 is 17.7. The molecule has 3 aromatic rings. The highest BCUT2D eigenvalue weighted by Crippen LogP contribution is 2.34. The number of furan rings is 1. The van der Waals surface area contributed by atoms with Crippen LogP contribution < -0.4 is 9.47 Å². The van der Waals surface area contributed by atoms with Crippen molar-refractivity contribution in [2.75, 3.05) is 13.7 Å². The minimum absolute atomic E-state index is 0.151. The summed E-state index contributed by atoms with van der Waals surface area (Å²) >= 11 is 4.71. The normalized spacial score (nSPS) is 16.1. The summed E-state index contributed by atoms with van der Waals surface area (Å²) in [5.41, 5.74) is 1.72. The van der Waals surface area contributed by atoms with E-state index >= 15 is 0 Å². The fourth-order valence-corrected chi connectivity index (χ4v) is 4.48. The molecular weight excluding hydrogens is 542 g/mol. The van der Waals surface area contributed by atoms with Crippen LogP contribution in [0.3, 0.4) is 0 Å². The Hall–Kier alpha value is -3.30. The summed E-state index contributed by atoms with van der Waals surface area (Å²) in [5.74, 6) is 2.22. The molecule has 1 amide bonds. The van der Waals surface area contributed by atoms with Crippen LogP contribution >= 0.6 is 27.7 Å². The van der Waals surface area contributed by atoms with Gasteiger partial charge in [-0.1, -0.05) is 41.9 Å². The van der Waals surface area contributed by atoms with Gasteiger partial charge in [0.25, 0.3) is 5.91 Å². The zero-order valence-corrected chi connectivity index (χ0v) is 22.6. The minimum atomic E-state index is -0.151. The zero-order valence-electron chi connectivity index (χ0n) is 20.2. The van der Waals surface area contributed by atoms with Crippen LogP contribution in [0, 0.1) is 5.92 Å². The van der Waals surface area contributed by atoms with Crippen molar-refractivity contribution >= 4 is 51.1 Å². The van der Waals surface area contributed by atoms with E-state index in [1.54, 1.807) is 30.6 Å². The van der Waals surface area contributed by atoms with E-state index in [0.29, 0.717) is 39.9 Å². The number of carbonyl (C=O) groups is 1. The molecule has 0 bridgehead atoms. The number of benzene rings is 2. The molecule has 1 saturated heterocycles. The predicted molar refractivity (Wildman–Crippen MR) is 147 cm³/mol. The van der Waals surface area contributed by atoms with Crippen molar-refractivity contribution in [1.82, 2.24) is 4.90 Å². The highest BCUT2D eigenvalue weighted by atomic mass is 79.9. The summed E-state index contributed by atoms with van der Waals surface area (Å²) in [5, 5.41) is 9.10. The van der Waals surface area contributed by atoms with Crippen LogP contribution in [0.1, 0.15) is 30.7 Å². The second-order valence-electron chi connectivity index (χ2n) is 8.38. The molecule has 0 N–H and O–H groups in total. The molecule has 0 atom stereocenters. The van der Waals surface area contributed by atoms with Crippen molar-refractivity contribution in [3.05, 3.63) is 87.1 Å². The first-order chi connectivity index (χ1) is 17.4. The Morgan fingerprint density at radius 1 is 1.11 bits per heavy atom. The van der Waals surface area contributed by atoms with Crippen LogP contribution in [-0.2, 0) is 11.3 Å². The van der Waals surface area contributed by atoms with Gasteiger partial charge in [0.15, 0.2) is 16.7 Å². The van der Waals surface area contributed by atoms with Gasteiger partial charge in [-0.25, -0.2) is 0 Å². The standard InChI is InChI=1S/C27H26BrN3O4S/c1-18(2)17-35-23-11-8-20(13-24(23)33-3)15-29-30-27-31(16-22-5-4-12-34-22)26(32)25(36-27)14-19-6-9-21(28)10-7-19/h4-15,18H,16-17H2,1-3H3/b25-14-,29-15+,30-27-. The molecule has 1 aromatic heterocycles. The average molecular weight is 568 g/mol. The van der Waals surface area contributed by atoms with E-state index in [1.807, 2.05) is 54.6 Å². The highest BCUT2D eigenvalue weighted by Gasteiger charge is 2.34. The average Bonchev–Trinajstić information content (AvgIpc) is 3.48. The lowest BCUT2D eigenvalue weighted by Gasteiger charge is -2.13. The van der Waals surface area contributed by atoms with Crippen molar-refractivity contribution in [3.8, 4) is 11.5 Å². The fraction of sp³-hybridized carbons (Fsp3) is 0.222. The van der Waals surface area contributed by atoms with Gasteiger partial charge < -0.3 is 13.9 Å². The number of rotatable bonds is 9. The first kappa shape index (κ1) is 25.8. The van der Waals surface area contributed by atoms with Crippen LogP contribution in [0.15, 0.2) is 84.9 Å². The van der Waals surface area contributed by atoms with Crippen LogP contribution in [0.4, 0.5) is 0 Å². The van der Waals surface area contributed by atoms with Crippen molar-refractivity contribution in [2.24, 2.45) is 16.1 Å². The Labute approximate surface area is 223 Å². The summed E-state index contributed by atoms with van der Waals surface area (Å²) in [6.07, 6.45) is 5.05. The minimum Gasteiger partial charge on any atom is -0.493 e. The molecule has 186 valence electrons. The van der Waals surface area contributed by atoms with E-state index in [2.05, 4.69) is 40.0 Å². The van der Waals surface area contributed by atoms with Gasteiger partial charge in [0, 0.05) is 4.47 Å². The molecule has 36 heavy (non-hydrogen) atoms. The van der Waals surface area contributed by atoms with Crippen LogP contribution in [0.2, 0.25) is 0 Å².